The molecular formula is C27H31N3O5. The van der Waals surface area contributed by atoms with E-state index in [1.807, 2.05) is 57.2 Å². The molecule has 184 valence electrons. The molecule has 2 heterocycles. The molecule has 0 saturated carbocycles. The lowest BCUT2D eigenvalue weighted by atomic mass is 9.82. The Morgan fingerprint density at radius 2 is 1.80 bits per heavy atom. The number of carbonyl (C=O) groups excluding carboxylic acids is 2. The van der Waals surface area contributed by atoms with Crippen LogP contribution in [0.5, 0.6) is 11.5 Å². The van der Waals surface area contributed by atoms with Gasteiger partial charge in [-0.2, -0.15) is 0 Å². The van der Waals surface area contributed by atoms with Crippen LogP contribution in [0.2, 0.25) is 0 Å². The lowest BCUT2D eigenvalue weighted by molar-refractivity contribution is -0.126. The van der Waals surface area contributed by atoms with Gasteiger partial charge < -0.3 is 18.9 Å². The van der Waals surface area contributed by atoms with E-state index in [0.717, 1.165) is 11.3 Å². The van der Waals surface area contributed by atoms with Crippen LogP contribution in [0.4, 0.5) is 11.6 Å². The first-order valence-electron chi connectivity index (χ1n) is 11.6. The number of rotatable bonds is 6. The van der Waals surface area contributed by atoms with E-state index in [0.29, 0.717) is 23.6 Å². The van der Waals surface area contributed by atoms with Crippen molar-refractivity contribution in [3.63, 3.8) is 0 Å². The van der Waals surface area contributed by atoms with Crippen LogP contribution < -0.4 is 19.7 Å². The lowest BCUT2D eigenvalue weighted by Crippen LogP contribution is -2.47. The number of nitrogens with one attached hydrogen (secondary N) is 1. The average molecular weight is 478 g/mol. The van der Waals surface area contributed by atoms with E-state index in [4.69, 9.17) is 14.0 Å². The van der Waals surface area contributed by atoms with Crippen molar-refractivity contribution < 1.29 is 23.6 Å². The summed E-state index contributed by atoms with van der Waals surface area (Å²) in [5.41, 5.74) is 1.97. The minimum Gasteiger partial charge on any atom is -0.497 e. The maximum atomic E-state index is 13.6. The third kappa shape index (κ3) is 5.01. The van der Waals surface area contributed by atoms with Gasteiger partial charge in [-0.25, -0.2) is 0 Å². The molecular weight excluding hydrogens is 446 g/mol. The van der Waals surface area contributed by atoms with Crippen molar-refractivity contribution in [2.24, 2.45) is 5.92 Å². The van der Waals surface area contributed by atoms with Crippen molar-refractivity contribution >= 4 is 23.4 Å². The first-order valence-corrected chi connectivity index (χ1v) is 11.6. The number of methoxy groups -OCH3 is 2. The largest absolute Gasteiger partial charge is 0.497 e. The molecule has 1 N–H and O–H groups in total. The number of hydrogen-bond acceptors (Lipinski definition) is 6. The third-order valence-corrected chi connectivity index (χ3v) is 6.27. The van der Waals surface area contributed by atoms with Gasteiger partial charge in [0.05, 0.1) is 31.9 Å². The van der Waals surface area contributed by atoms with Gasteiger partial charge in [0.15, 0.2) is 0 Å². The van der Waals surface area contributed by atoms with Crippen molar-refractivity contribution in [3.8, 4) is 11.5 Å². The molecule has 4 rings (SSSR count). The summed E-state index contributed by atoms with van der Waals surface area (Å²) >= 11 is 0. The Hall–Kier alpha value is -3.81. The maximum Gasteiger partial charge on any atom is 0.232 e. The van der Waals surface area contributed by atoms with Crippen LogP contribution in [0, 0.1) is 5.92 Å². The van der Waals surface area contributed by atoms with Crippen molar-refractivity contribution in [2.75, 3.05) is 24.4 Å². The molecule has 0 spiro atoms. The molecule has 1 aromatic heterocycles. The van der Waals surface area contributed by atoms with Gasteiger partial charge in [0.2, 0.25) is 17.7 Å². The van der Waals surface area contributed by atoms with E-state index in [9.17, 15) is 9.59 Å². The molecule has 0 aliphatic carbocycles. The molecule has 0 unspecified atom stereocenters. The predicted octanol–water partition coefficient (Wildman–Crippen LogP) is 5.11. The van der Waals surface area contributed by atoms with Crippen LogP contribution in [0.25, 0.3) is 0 Å². The molecule has 1 aliphatic heterocycles. The molecule has 35 heavy (non-hydrogen) atoms. The average Bonchev–Trinajstić information content (AvgIpc) is 3.33. The van der Waals surface area contributed by atoms with E-state index in [1.165, 1.54) is 0 Å². The number of aromatic nitrogens is 1. The first kappa shape index (κ1) is 24.3. The van der Waals surface area contributed by atoms with Gasteiger partial charge in [-0.1, -0.05) is 44.1 Å². The second-order valence-electron chi connectivity index (χ2n) is 9.61. The molecule has 1 aliphatic rings. The van der Waals surface area contributed by atoms with Crippen LogP contribution in [-0.4, -0.2) is 31.2 Å². The van der Waals surface area contributed by atoms with Gasteiger partial charge in [-0.15, -0.1) is 0 Å². The van der Waals surface area contributed by atoms with Gasteiger partial charge in [0, 0.05) is 29.2 Å². The Balaban J connectivity index is 1.73. The second kappa shape index (κ2) is 9.82. The predicted molar refractivity (Wildman–Crippen MR) is 133 cm³/mol. The van der Waals surface area contributed by atoms with E-state index in [1.54, 1.807) is 37.3 Å². The van der Waals surface area contributed by atoms with Crippen LogP contribution in [0.15, 0.2) is 59.1 Å². The van der Waals surface area contributed by atoms with E-state index < -0.39 is 12.0 Å². The number of benzene rings is 2. The number of para-hydroxylation sites is 1. The summed E-state index contributed by atoms with van der Waals surface area (Å²) in [5.74, 6) is 0.716. The SMILES string of the molecule is COc1ccc(N2C(=O)CC[C@H](C(=O)Nc3cc(C(C)(C)C)no3)[C@@H]2c2ccccc2OC)cc1. The molecule has 0 bridgehead atoms. The summed E-state index contributed by atoms with van der Waals surface area (Å²) in [6.45, 7) is 6.06. The molecule has 1 saturated heterocycles. The normalized spacial score (nSPS) is 18.3. The number of hydrogen-bond donors (Lipinski definition) is 1. The van der Waals surface area contributed by atoms with Gasteiger partial charge >= 0.3 is 0 Å². The van der Waals surface area contributed by atoms with Crippen LogP contribution in [0.1, 0.15) is 50.9 Å². The number of piperidine rings is 1. The molecule has 8 nitrogen and oxygen atoms in total. The Bertz CT molecular complexity index is 1200. The van der Waals surface area contributed by atoms with Crippen molar-refractivity contribution in [1.82, 2.24) is 5.16 Å². The summed E-state index contributed by atoms with van der Waals surface area (Å²) in [4.78, 5) is 28.5. The second-order valence-corrected chi connectivity index (χ2v) is 9.61. The summed E-state index contributed by atoms with van der Waals surface area (Å²) in [6.07, 6.45) is 0.625. The molecule has 2 atom stereocenters. The smallest absolute Gasteiger partial charge is 0.232 e. The third-order valence-electron chi connectivity index (χ3n) is 6.27. The number of amides is 2. The van der Waals surface area contributed by atoms with Crippen LogP contribution in [0.3, 0.4) is 0 Å². The summed E-state index contributed by atoms with van der Waals surface area (Å²) in [7, 11) is 3.17. The van der Waals surface area contributed by atoms with Gasteiger partial charge in [-0.05, 0) is 36.8 Å². The molecule has 2 aromatic carbocycles. The van der Waals surface area contributed by atoms with Gasteiger partial charge in [0.1, 0.15) is 11.5 Å². The van der Waals surface area contributed by atoms with Crippen molar-refractivity contribution in [1.29, 1.82) is 0 Å². The first-order chi connectivity index (χ1) is 16.7. The number of nitrogens with zero attached hydrogens (tertiary/aromatic N) is 2. The number of carbonyl (C=O) groups is 2. The van der Waals surface area contributed by atoms with Crippen molar-refractivity contribution in [3.05, 3.63) is 65.9 Å². The maximum absolute atomic E-state index is 13.6. The quantitative estimate of drug-likeness (QED) is 0.530. The molecule has 1 fully saturated rings. The van der Waals surface area contributed by atoms with E-state index in [-0.39, 0.29) is 29.5 Å². The van der Waals surface area contributed by atoms with Crippen LogP contribution in [-0.2, 0) is 15.0 Å². The van der Waals surface area contributed by atoms with E-state index in [2.05, 4.69) is 10.5 Å². The number of ether oxygens (including phenoxy) is 2. The van der Waals surface area contributed by atoms with Crippen molar-refractivity contribution in [2.45, 2.75) is 45.1 Å². The topological polar surface area (TPSA) is 93.9 Å². The highest BCUT2D eigenvalue weighted by molar-refractivity contribution is 6.00. The zero-order chi connectivity index (χ0) is 25.2. The highest BCUT2D eigenvalue weighted by atomic mass is 16.5. The molecule has 2 amide bonds. The Morgan fingerprint density at radius 3 is 2.43 bits per heavy atom. The monoisotopic (exact) mass is 477 g/mol. The zero-order valence-corrected chi connectivity index (χ0v) is 20.7. The molecule has 8 heteroatoms. The summed E-state index contributed by atoms with van der Waals surface area (Å²) < 4.78 is 16.3. The number of anilines is 2. The summed E-state index contributed by atoms with van der Waals surface area (Å²) in [5, 5.41) is 6.97. The minimum atomic E-state index is -0.578. The lowest BCUT2D eigenvalue weighted by Gasteiger charge is -2.41. The Labute approximate surface area is 205 Å². The van der Waals surface area contributed by atoms with Gasteiger partial charge in [0.25, 0.3) is 0 Å². The molecule has 3 aromatic rings. The van der Waals surface area contributed by atoms with Gasteiger partial charge in [-0.3, -0.25) is 14.9 Å². The fourth-order valence-electron chi connectivity index (χ4n) is 4.38. The Morgan fingerprint density at radius 1 is 1.09 bits per heavy atom. The highest BCUT2D eigenvalue weighted by Crippen LogP contribution is 2.43. The van der Waals surface area contributed by atoms with E-state index >= 15 is 0 Å². The fraction of sp³-hybridized carbons (Fsp3) is 0.370. The Kier molecular flexibility index (Phi) is 6.82. The molecule has 0 radical (unpaired) electrons. The minimum absolute atomic E-state index is 0.0650. The summed E-state index contributed by atoms with van der Waals surface area (Å²) in [6, 6.07) is 15.9. The zero-order valence-electron chi connectivity index (χ0n) is 20.7. The fourth-order valence-corrected chi connectivity index (χ4v) is 4.38. The standard InChI is InChI=1S/C27H31N3O5/c1-27(2,3)22-16-23(35-29-22)28-26(32)20-14-15-24(31)30(17-10-12-18(33-4)13-11-17)25(20)19-8-6-7-9-21(19)34-5/h6-13,16,20,25H,14-15H2,1-5H3,(H,28,32)/t20-,25-/m0/s1. The van der Waals surface area contributed by atoms with Crippen LogP contribution >= 0.6 is 0 Å². The highest BCUT2D eigenvalue weighted by Gasteiger charge is 2.43.